The maximum Gasteiger partial charge on any atom is 0.251 e. The van der Waals surface area contributed by atoms with Crippen molar-refractivity contribution in [3.8, 4) is 5.75 Å². The first-order valence-corrected chi connectivity index (χ1v) is 10.2. The van der Waals surface area contributed by atoms with Crippen LogP contribution in [0.1, 0.15) is 75.6 Å². The molecular weight excluding hydrogens is 372 g/mol. The maximum absolute atomic E-state index is 13.2. The van der Waals surface area contributed by atoms with Crippen LogP contribution in [0.4, 0.5) is 0 Å². The van der Waals surface area contributed by atoms with E-state index < -0.39 is 5.25 Å². The maximum atomic E-state index is 13.2. The molecule has 5 nitrogen and oxygen atoms in total. The smallest absolute Gasteiger partial charge is 0.251 e. The fraction of sp³-hybridized carbons (Fsp3) is 0.500. The number of carbonyl (C=O) groups excluding carboxylic acids is 1. The van der Waals surface area contributed by atoms with Crippen LogP contribution in [-0.4, -0.2) is 26.1 Å². The predicted molar refractivity (Wildman–Crippen MR) is 115 cm³/mol. The molecule has 6 heteroatoms. The van der Waals surface area contributed by atoms with Gasteiger partial charge in [0.15, 0.2) is 10.9 Å². The number of nitrogens with zero attached hydrogens (tertiary/aromatic N) is 1. The molecule has 2 rings (SSSR count). The average molecular weight is 403 g/mol. The average Bonchev–Trinajstić information content (AvgIpc) is 2.51. The highest BCUT2D eigenvalue weighted by molar-refractivity contribution is 8.00. The Morgan fingerprint density at radius 2 is 1.57 bits per heavy atom. The van der Waals surface area contributed by atoms with Crippen molar-refractivity contribution >= 4 is 17.5 Å². The van der Waals surface area contributed by atoms with E-state index in [9.17, 15) is 14.7 Å². The molecule has 1 heterocycles. The topological polar surface area (TPSA) is 83.0 Å². The zero-order valence-electron chi connectivity index (χ0n) is 17.9. The molecule has 28 heavy (non-hydrogen) atoms. The number of hydrogen-bond acceptors (Lipinski definition) is 5. The Labute approximate surface area is 171 Å². The van der Waals surface area contributed by atoms with Crippen LogP contribution in [0.2, 0.25) is 0 Å². The molecule has 2 aromatic rings. The van der Waals surface area contributed by atoms with E-state index in [0.29, 0.717) is 16.4 Å². The van der Waals surface area contributed by atoms with Gasteiger partial charge in [-0.2, -0.15) is 0 Å². The Kier molecular flexibility index (Phi) is 6.14. The molecule has 2 N–H and O–H groups in total. The van der Waals surface area contributed by atoms with Gasteiger partial charge >= 0.3 is 0 Å². The molecule has 0 aliphatic heterocycles. The molecule has 152 valence electrons. The summed E-state index contributed by atoms with van der Waals surface area (Å²) < 4.78 is 0. The summed E-state index contributed by atoms with van der Waals surface area (Å²) in [6.45, 7) is 15.6. The highest BCUT2D eigenvalue weighted by Crippen LogP contribution is 2.40. The minimum absolute atomic E-state index is 0.0647. The van der Waals surface area contributed by atoms with Crippen molar-refractivity contribution < 1.29 is 9.90 Å². The Bertz CT molecular complexity index is 914. The molecule has 1 aromatic heterocycles. The van der Waals surface area contributed by atoms with Crippen LogP contribution < -0.4 is 5.56 Å². The highest BCUT2D eigenvalue weighted by Gasteiger charge is 2.29. The number of aryl methyl sites for hydroxylation is 1. The molecular formula is C22H30N2O3S. The number of phenolic OH excluding ortho intramolecular Hbond substituents is 1. The number of ketones is 1. The lowest BCUT2D eigenvalue weighted by atomic mass is 9.78. The number of aromatic amines is 1. The third kappa shape index (κ3) is 5.04. The minimum Gasteiger partial charge on any atom is -0.507 e. The molecule has 0 fully saturated rings. The van der Waals surface area contributed by atoms with Crippen molar-refractivity contribution in [2.75, 3.05) is 0 Å². The summed E-state index contributed by atoms with van der Waals surface area (Å²) in [6.07, 6.45) is 0. The van der Waals surface area contributed by atoms with Crippen LogP contribution in [0.25, 0.3) is 0 Å². The van der Waals surface area contributed by atoms with Gasteiger partial charge in [0.25, 0.3) is 5.56 Å². The SMILES string of the molecule is Cc1cc(=O)[nH]c(S[C@@H](C)C(=O)c2cc(C(C)(C)C)c(O)c(C(C)(C)C)c2)n1. The summed E-state index contributed by atoms with van der Waals surface area (Å²) >= 11 is 1.23. The molecule has 0 spiro atoms. The second kappa shape index (κ2) is 7.74. The second-order valence-corrected chi connectivity index (χ2v) is 10.6. The van der Waals surface area contributed by atoms with E-state index >= 15 is 0 Å². The summed E-state index contributed by atoms with van der Waals surface area (Å²) in [4.78, 5) is 31.8. The lowest BCUT2D eigenvalue weighted by Crippen LogP contribution is -2.21. The van der Waals surface area contributed by atoms with Crippen LogP contribution in [0.3, 0.4) is 0 Å². The largest absolute Gasteiger partial charge is 0.507 e. The second-order valence-electron chi connectivity index (χ2n) is 9.24. The molecule has 0 unspecified atom stereocenters. The number of aromatic hydroxyl groups is 1. The molecule has 0 aliphatic rings. The van der Waals surface area contributed by atoms with Gasteiger partial charge < -0.3 is 10.1 Å². The third-order valence-electron chi connectivity index (χ3n) is 4.52. The van der Waals surface area contributed by atoms with Gasteiger partial charge in [0.05, 0.1) is 5.25 Å². The summed E-state index contributed by atoms with van der Waals surface area (Å²) in [5, 5.41) is 10.8. The Hall–Kier alpha value is -2.08. The molecule has 1 atom stereocenters. The zero-order valence-corrected chi connectivity index (χ0v) is 18.7. The first-order valence-electron chi connectivity index (χ1n) is 9.37. The number of hydrogen-bond donors (Lipinski definition) is 2. The number of phenols is 1. The predicted octanol–water partition coefficient (Wildman–Crippen LogP) is 4.74. The number of carbonyl (C=O) groups is 1. The third-order valence-corrected chi connectivity index (χ3v) is 5.50. The van der Waals surface area contributed by atoms with Gasteiger partial charge in [-0.1, -0.05) is 53.3 Å². The quantitative estimate of drug-likeness (QED) is 0.438. The van der Waals surface area contributed by atoms with Crippen LogP contribution in [-0.2, 0) is 10.8 Å². The number of H-pyrrole nitrogens is 1. The van der Waals surface area contributed by atoms with E-state index in [-0.39, 0.29) is 27.9 Å². The molecule has 0 saturated carbocycles. The monoisotopic (exact) mass is 402 g/mol. The number of Topliss-reactive ketones (excluding diaryl/α,β-unsaturated/α-hetero) is 1. The summed E-state index contributed by atoms with van der Waals surface area (Å²) in [5.41, 5.74) is 1.83. The Balaban J connectivity index is 2.47. The Morgan fingerprint density at radius 1 is 1.07 bits per heavy atom. The molecule has 0 aliphatic carbocycles. The summed E-state index contributed by atoms with van der Waals surface area (Å²) in [5.74, 6) is 0.187. The lowest BCUT2D eigenvalue weighted by molar-refractivity contribution is 0.0993. The van der Waals surface area contributed by atoms with Gasteiger partial charge in [-0.3, -0.25) is 9.59 Å². The van der Waals surface area contributed by atoms with Crippen molar-refractivity contribution in [1.29, 1.82) is 0 Å². The van der Waals surface area contributed by atoms with Crippen molar-refractivity contribution in [2.24, 2.45) is 0 Å². The van der Waals surface area contributed by atoms with E-state index in [2.05, 4.69) is 9.97 Å². The molecule has 1 aromatic carbocycles. The number of nitrogens with one attached hydrogen (secondary N) is 1. The lowest BCUT2D eigenvalue weighted by Gasteiger charge is -2.28. The fourth-order valence-corrected chi connectivity index (χ4v) is 3.92. The van der Waals surface area contributed by atoms with Crippen molar-refractivity contribution in [3.05, 3.63) is 50.9 Å². The van der Waals surface area contributed by atoms with Crippen molar-refractivity contribution in [2.45, 2.75) is 76.6 Å². The Morgan fingerprint density at radius 3 is 2.00 bits per heavy atom. The van der Waals surface area contributed by atoms with Gasteiger partial charge in [-0.25, -0.2) is 4.98 Å². The van der Waals surface area contributed by atoms with Crippen LogP contribution in [0.5, 0.6) is 5.75 Å². The van der Waals surface area contributed by atoms with Gasteiger partial charge in [0.1, 0.15) is 5.75 Å². The van der Waals surface area contributed by atoms with Gasteiger partial charge in [0, 0.05) is 28.5 Å². The van der Waals surface area contributed by atoms with Gasteiger partial charge in [0.2, 0.25) is 0 Å². The first kappa shape index (κ1) is 22.2. The van der Waals surface area contributed by atoms with E-state index in [1.165, 1.54) is 17.8 Å². The highest BCUT2D eigenvalue weighted by atomic mass is 32.2. The standard InChI is InChI=1S/C22H30N2O3S/c1-12-9-17(25)24-20(23-12)28-13(2)18(26)14-10-15(21(3,4)5)19(27)16(11-14)22(6,7)8/h9-11,13,27H,1-8H3,(H,23,24,25)/t13-/m0/s1. The minimum atomic E-state index is -0.435. The fourth-order valence-electron chi connectivity index (χ4n) is 2.98. The summed E-state index contributed by atoms with van der Waals surface area (Å²) in [7, 11) is 0. The normalized spacial score (nSPS) is 13.4. The summed E-state index contributed by atoms with van der Waals surface area (Å²) in [6, 6.07) is 4.99. The molecule has 0 bridgehead atoms. The first-order chi connectivity index (χ1) is 12.7. The van der Waals surface area contributed by atoms with Crippen LogP contribution in [0, 0.1) is 6.92 Å². The van der Waals surface area contributed by atoms with E-state index in [1.807, 2.05) is 41.5 Å². The van der Waals surface area contributed by atoms with Crippen LogP contribution >= 0.6 is 11.8 Å². The molecule has 0 saturated heterocycles. The van der Waals surface area contributed by atoms with E-state index in [4.69, 9.17) is 0 Å². The number of thioether (sulfide) groups is 1. The number of benzene rings is 1. The van der Waals surface area contributed by atoms with Crippen molar-refractivity contribution in [1.82, 2.24) is 9.97 Å². The number of rotatable bonds is 4. The van der Waals surface area contributed by atoms with Crippen molar-refractivity contribution in [3.63, 3.8) is 0 Å². The zero-order chi connectivity index (χ0) is 21.4. The number of aromatic nitrogens is 2. The van der Waals surface area contributed by atoms with Gasteiger partial charge in [-0.15, -0.1) is 0 Å². The van der Waals surface area contributed by atoms with E-state index in [0.717, 1.165) is 11.1 Å². The van der Waals surface area contributed by atoms with Gasteiger partial charge in [-0.05, 0) is 36.8 Å². The van der Waals surface area contributed by atoms with E-state index in [1.54, 1.807) is 26.0 Å². The molecule has 0 radical (unpaired) electrons. The van der Waals surface area contributed by atoms with Crippen LogP contribution in [0.15, 0.2) is 28.2 Å². The molecule has 0 amide bonds.